The van der Waals surface area contributed by atoms with E-state index in [1.807, 2.05) is 12.1 Å². The van der Waals surface area contributed by atoms with Gasteiger partial charge in [-0.15, -0.1) is 10.2 Å². The smallest absolute Gasteiger partial charge is 0.151 e. The van der Waals surface area contributed by atoms with Crippen LogP contribution in [0.3, 0.4) is 0 Å². The Morgan fingerprint density at radius 1 is 1.11 bits per heavy atom. The molecular weight excluding hydrogens is 462 g/mol. The van der Waals surface area contributed by atoms with Gasteiger partial charge in [-0.3, -0.25) is 9.47 Å². The van der Waals surface area contributed by atoms with Gasteiger partial charge in [0.2, 0.25) is 0 Å². The van der Waals surface area contributed by atoms with E-state index >= 15 is 0 Å². The highest BCUT2D eigenvalue weighted by molar-refractivity contribution is 6.30. The van der Waals surface area contributed by atoms with Crippen LogP contribution < -0.4 is 4.90 Å². The summed E-state index contributed by atoms with van der Waals surface area (Å²) in [6, 6.07) is 12.4. The summed E-state index contributed by atoms with van der Waals surface area (Å²) in [6.07, 6.45) is 4.97. The fourth-order valence-electron chi connectivity index (χ4n) is 6.40. The molecule has 5 heterocycles. The zero-order chi connectivity index (χ0) is 23.6. The van der Waals surface area contributed by atoms with Gasteiger partial charge < -0.3 is 9.64 Å². The van der Waals surface area contributed by atoms with Gasteiger partial charge in [0.15, 0.2) is 5.82 Å². The largest absolute Gasteiger partial charge is 0.380 e. The monoisotopic (exact) mass is 487 g/mol. The maximum Gasteiger partial charge on any atom is 0.151 e. The van der Waals surface area contributed by atoms with Crippen molar-refractivity contribution in [3.05, 3.63) is 64.3 Å². The quantitative estimate of drug-likeness (QED) is 0.557. The van der Waals surface area contributed by atoms with Crippen molar-refractivity contribution in [1.82, 2.24) is 24.6 Å². The maximum absolute atomic E-state index is 9.19. The minimum Gasteiger partial charge on any atom is -0.380 e. The first-order valence-electron chi connectivity index (χ1n) is 12.3. The van der Waals surface area contributed by atoms with Crippen molar-refractivity contribution in [3.63, 3.8) is 0 Å². The number of hydrogen-bond donors (Lipinski definition) is 0. The van der Waals surface area contributed by atoms with Crippen LogP contribution in [0.2, 0.25) is 5.02 Å². The number of hydrogen-bond acceptors (Lipinski definition) is 7. The molecular formula is C26H26ClN7O. The molecule has 2 saturated heterocycles. The Balaban J connectivity index is 1.13. The predicted octanol–water partition coefficient (Wildman–Crippen LogP) is 3.68. The Morgan fingerprint density at radius 3 is 2.80 bits per heavy atom. The highest BCUT2D eigenvalue weighted by atomic mass is 35.5. The van der Waals surface area contributed by atoms with Gasteiger partial charge in [0.1, 0.15) is 11.6 Å². The van der Waals surface area contributed by atoms with E-state index in [9.17, 15) is 5.26 Å². The van der Waals surface area contributed by atoms with Crippen molar-refractivity contribution in [2.45, 2.75) is 44.3 Å². The van der Waals surface area contributed by atoms with Gasteiger partial charge >= 0.3 is 0 Å². The van der Waals surface area contributed by atoms with E-state index in [1.165, 1.54) is 5.56 Å². The molecule has 0 unspecified atom stereocenters. The number of rotatable bonds is 3. The molecule has 3 fully saturated rings. The lowest BCUT2D eigenvalue weighted by Gasteiger charge is -2.59. The van der Waals surface area contributed by atoms with Crippen LogP contribution >= 0.6 is 11.6 Å². The molecule has 178 valence electrons. The van der Waals surface area contributed by atoms with E-state index < -0.39 is 0 Å². The number of nitriles is 1. The second-order valence-corrected chi connectivity index (χ2v) is 10.9. The Hall–Kier alpha value is -2.99. The molecule has 2 aromatic heterocycles. The Morgan fingerprint density at radius 2 is 2.00 bits per heavy atom. The van der Waals surface area contributed by atoms with Crippen molar-refractivity contribution in [1.29, 1.82) is 5.26 Å². The minimum atomic E-state index is 0.308. The third kappa shape index (κ3) is 3.53. The molecule has 3 aliphatic heterocycles. The summed E-state index contributed by atoms with van der Waals surface area (Å²) in [6.45, 7) is 5.15. The first kappa shape index (κ1) is 21.3. The zero-order valence-corrected chi connectivity index (χ0v) is 20.2. The Labute approximate surface area is 209 Å². The number of benzene rings is 1. The topological polar surface area (TPSA) is 83.1 Å². The lowest BCUT2D eigenvalue weighted by molar-refractivity contribution is 0.0581. The van der Waals surface area contributed by atoms with Crippen LogP contribution in [-0.4, -0.2) is 57.0 Å². The summed E-state index contributed by atoms with van der Waals surface area (Å²) in [5.41, 5.74) is 3.34. The Kier molecular flexibility index (Phi) is 4.88. The summed E-state index contributed by atoms with van der Waals surface area (Å²) in [5, 5.41) is 19.4. The predicted molar refractivity (Wildman–Crippen MR) is 130 cm³/mol. The normalized spacial score (nSPS) is 23.2. The van der Waals surface area contributed by atoms with Crippen molar-refractivity contribution in [2.24, 2.45) is 5.41 Å². The average molecular weight is 488 g/mol. The van der Waals surface area contributed by atoms with Crippen molar-refractivity contribution >= 4 is 17.4 Å². The molecule has 1 saturated carbocycles. The number of pyridine rings is 1. The van der Waals surface area contributed by atoms with Crippen LogP contribution in [0.1, 0.15) is 48.0 Å². The number of fused-ring (bicyclic) bond motifs is 3. The molecule has 3 aromatic rings. The first-order chi connectivity index (χ1) is 17.1. The molecule has 35 heavy (non-hydrogen) atoms. The van der Waals surface area contributed by atoms with Gasteiger partial charge in [-0.2, -0.15) is 5.26 Å². The molecule has 0 amide bonds. The Bertz CT molecular complexity index is 1330. The van der Waals surface area contributed by atoms with E-state index in [1.54, 1.807) is 12.3 Å². The summed E-state index contributed by atoms with van der Waals surface area (Å²) in [7, 11) is 0. The van der Waals surface area contributed by atoms with Crippen LogP contribution in [0.5, 0.6) is 0 Å². The molecule has 7 rings (SSSR count). The van der Waals surface area contributed by atoms with Crippen molar-refractivity contribution < 1.29 is 4.74 Å². The van der Waals surface area contributed by atoms with Gasteiger partial charge in [-0.25, -0.2) is 4.98 Å². The SMILES string of the molecule is N#Cc1ccnc(N2CC3(CC(c4nnc5n4-c4ccc(Cl)cc4CN([C@@H]4CCOC4)C5)C3)C2)c1. The van der Waals surface area contributed by atoms with Crippen LogP contribution in [-0.2, 0) is 17.8 Å². The van der Waals surface area contributed by atoms with E-state index in [-0.39, 0.29) is 0 Å². The van der Waals surface area contributed by atoms with Gasteiger partial charge in [0, 0.05) is 54.8 Å². The van der Waals surface area contributed by atoms with E-state index in [2.05, 4.69) is 42.7 Å². The van der Waals surface area contributed by atoms with Crippen molar-refractivity contribution in [2.75, 3.05) is 31.2 Å². The van der Waals surface area contributed by atoms with Crippen LogP contribution in [0.15, 0.2) is 36.5 Å². The number of halogens is 1. The van der Waals surface area contributed by atoms with Crippen molar-refractivity contribution in [3.8, 4) is 11.8 Å². The minimum absolute atomic E-state index is 0.308. The fraction of sp³-hybridized carbons (Fsp3) is 0.462. The fourth-order valence-corrected chi connectivity index (χ4v) is 6.59. The summed E-state index contributed by atoms with van der Waals surface area (Å²) in [4.78, 5) is 9.21. The molecule has 0 bridgehead atoms. The van der Waals surface area contributed by atoms with Gasteiger partial charge in [0.25, 0.3) is 0 Å². The zero-order valence-electron chi connectivity index (χ0n) is 19.4. The molecule has 4 aliphatic rings. The highest BCUT2D eigenvalue weighted by Gasteiger charge is 2.54. The van der Waals surface area contributed by atoms with Gasteiger partial charge in [-0.05, 0) is 55.2 Å². The maximum atomic E-state index is 9.19. The summed E-state index contributed by atoms with van der Waals surface area (Å²) >= 11 is 6.41. The molecule has 0 radical (unpaired) electrons. The summed E-state index contributed by atoms with van der Waals surface area (Å²) in [5.74, 6) is 3.36. The lowest BCUT2D eigenvalue weighted by atomic mass is 9.57. The average Bonchev–Trinajstić information content (AvgIpc) is 3.45. The third-order valence-electron chi connectivity index (χ3n) is 8.15. The van der Waals surface area contributed by atoms with Crippen LogP contribution in [0, 0.1) is 16.7 Å². The van der Waals surface area contributed by atoms with Gasteiger partial charge in [-0.1, -0.05) is 11.6 Å². The number of nitrogens with zero attached hydrogens (tertiary/aromatic N) is 7. The van der Waals surface area contributed by atoms with E-state index in [0.29, 0.717) is 22.9 Å². The standard InChI is InChI=1S/C26H26ClN7O/c27-20-1-2-22-18(8-20)12-32(21-4-6-35-14-21)13-24-30-31-25(34(22)24)19-9-26(10-19)15-33(16-26)23-7-17(11-28)3-5-29-23/h1-3,5,7-8,19,21H,4,6,9-10,12-16H2/t21-/m1/s1. The summed E-state index contributed by atoms with van der Waals surface area (Å²) < 4.78 is 7.98. The molecule has 1 atom stereocenters. The molecule has 0 N–H and O–H groups in total. The van der Waals surface area contributed by atoms with E-state index in [0.717, 1.165) is 86.8 Å². The molecule has 8 nitrogen and oxygen atoms in total. The molecule has 9 heteroatoms. The van der Waals surface area contributed by atoms with Crippen LogP contribution in [0.25, 0.3) is 5.69 Å². The number of anilines is 1. The first-order valence-corrected chi connectivity index (χ1v) is 12.6. The van der Waals surface area contributed by atoms with Crippen LogP contribution in [0.4, 0.5) is 5.82 Å². The van der Waals surface area contributed by atoms with E-state index in [4.69, 9.17) is 21.4 Å². The molecule has 1 aliphatic carbocycles. The third-order valence-corrected chi connectivity index (χ3v) is 8.39. The van der Waals surface area contributed by atoms with Gasteiger partial charge in [0.05, 0.1) is 30.5 Å². The number of aromatic nitrogens is 4. The second-order valence-electron chi connectivity index (χ2n) is 10.5. The lowest BCUT2D eigenvalue weighted by Crippen LogP contribution is -2.62. The highest BCUT2D eigenvalue weighted by Crippen LogP contribution is 2.56. The number of ether oxygens (including phenoxy) is 1. The molecule has 1 spiro atoms. The molecule has 1 aromatic carbocycles. The second kappa shape index (κ2) is 8.02.